The van der Waals surface area contributed by atoms with Crippen molar-refractivity contribution in [3.8, 4) is 5.75 Å². The quantitative estimate of drug-likeness (QED) is 0.486. The molecule has 33 heavy (non-hydrogen) atoms. The Morgan fingerprint density at radius 3 is 2.48 bits per heavy atom. The number of likely N-dealkylation sites (tertiary alicyclic amines) is 1. The van der Waals surface area contributed by atoms with Crippen molar-refractivity contribution >= 4 is 5.97 Å². The highest BCUT2D eigenvalue weighted by Gasteiger charge is 2.48. The number of piperidine rings is 1. The molecule has 4 atom stereocenters. The Balaban J connectivity index is 1.37. The molecule has 3 fully saturated rings. The van der Waals surface area contributed by atoms with Crippen molar-refractivity contribution in [3.63, 3.8) is 0 Å². The molecule has 2 aliphatic carbocycles. The number of ether oxygens (including phenoxy) is 2. The summed E-state index contributed by atoms with van der Waals surface area (Å²) in [7, 11) is 0. The molecule has 0 amide bonds. The van der Waals surface area contributed by atoms with Crippen LogP contribution in [-0.2, 0) is 4.74 Å². The van der Waals surface area contributed by atoms with E-state index in [2.05, 4.69) is 36.1 Å². The largest absolute Gasteiger partial charge is 0.488 e. The Morgan fingerprint density at radius 1 is 1.12 bits per heavy atom. The first-order valence-electron chi connectivity index (χ1n) is 12.2. The lowest BCUT2D eigenvalue weighted by Crippen LogP contribution is -2.45. The van der Waals surface area contributed by atoms with E-state index in [0.29, 0.717) is 29.7 Å². The molecule has 0 N–H and O–H groups in total. The normalized spacial score (nSPS) is 25.8. The second-order valence-corrected chi connectivity index (χ2v) is 11.0. The molecule has 0 aromatic heterocycles. The topological polar surface area (TPSA) is 38.8 Å². The van der Waals surface area contributed by atoms with Gasteiger partial charge in [-0.2, -0.15) is 0 Å². The van der Waals surface area contributed by atoms with E-state index in [1.165, 1.54) is 11.6 Å². The maximum absolute atomic E-state index is 15.0. The van der Waals surface area contributed by atoms with Gasteiger partial charge in [-0.15, -0.1) is 0 Å². The van der Waals surface area contributed by atoms with Crippen LogP contribution in [0.4, 0.5) is 4.39 Å². The summed E-state index contributed by atoms with van der Waals surface area (Å²) >= 11 is 0. The maximum atomic E-state index is 15.0. The highest BCUT2D eigenvalue weighted by atomic mass is 19.1. The Labute approximate surface area is 196 Å². The number of carbonyl (C=O) groups excluding carboxylic acids is 1. The second kappa shape index (κ2) is 8.43. The minimum atomic E-state index is -0.666. The minimum absolute atomic E-state index is 0.00597. The molecule has 4 nitrogen and oxygen atoms in total. The highest BCUT2D eigenvalue weighted by molar-refractivity contribution is 5.90. The van der Waals surface area contributed by atoms with Gasteiger partial charge in [0.2, 0.25) is 0 Å². The monoisotopic (exact) mass is 451 g/mol. The maximum Gasteiger partial charge on any atom is 0.341 e. The van der Waals surface area contributed by atoms with Crippen molar-refractivity contribution in [2.24, 2.45) is 5.92 Å². The predicted molar refractivity (Wildman–Crippen MR) is 126 cm³/mol. The van der Waals surface area contributed by atoms with E-state index < -0.39 is 17.4 Å². The Bertz CT molecular complexity index is 1030. The zero-order valence-electron chi connectivity index (χ0n) is 20.0. The number of hydrogen-bond acceptors (Lipinski definition) is 4. The van der Waals surface area contributed by atoms with Crippen LogP contribution in [0.1, 0.15) is 86.8 Å². The molecule has 2 saturated carbocycles. The Hall–Kier alpha value is -2.40. The van der Waals surface area contributed by atoms with Crippen molar-refractivity contribution in [2.75, 3.05) is 6.54 Å². The van der Waals surface area contributed by atoms with Crippen molar-refractivity contribution in [2.45, 2.75) is 83.1 Å². The molecular formula is C28H34FNO3. The summed E-state index contributed by atoms with van der Waals surface area (Å²) in [6, 6.07) is 14.3. The molecule has 5 heteroatoms. The average Bonchev–Trinajstić information content (AvgIpc) is 3.41. The van der Waals surface area contributed by atoms with Gasteiger partial charge >= 0.3 is 5.97 Å². The van der Waals surface area contributed by atoms with E-state index in [4.69, 9.17) is 9.47 Å². The van der Waals surface area contributed by atoms with Crippen LogP contribution >= 0.6 is 0 Å². The van der Waals surface area contributed by atoms with Gasteiger partial charge in [-0.1, -0.05) is 30.3 Å². The zero-order valence-corrected chi connectivity index (χ0v) is 20.0. The first-order valence-corrected chi connectivity index (χ1v) is 12.2. The van der Waals surface area contributed by atoms with Crippen LogP contribution in [0, 0.1) is 11.7 Å². The minimum Gasteiger partial charge on any atom is -0.488 e. The molecule has 3 aliphatic rings. The first kappa shape index (κ1) is 22.4. The highest BCUT2D eigenvalue weighted by Crippen LogP contribution is 2.48. The molecule has 1 aliphatic heterocycles. The molecule has 0 radical (unpaired) electrons. The number of esters is 1. The van der Waals surface area contributed by atoms with Crippen LogP contribution in [0.25, 0.3) is 0 Å². The number of fused-ring (bicyclic) bond motifs is 2. The lowest BCUT2D eigenvalue weighted by atomic mass is 10.0. The van der Waals surface area contributed by atoms with Gasteiger partial charge in [0.15, 0.2) is 0 Å². The van der Waals surface area contributed by atoms with Crippen LogP contribution < -0.4 is 4.74 Å². The average molecular weight is 452 g/mol. The third-order valence-corrected chi connectivity index (χ3v) is 7.26. The van der Waals surface area contributed by atoms with E-state index in [1.807, 2.05) is 6.07 Å². The van der Waals surface area contributed by atoms with Crippen LogP contribution in [0.3, 0.4) is 0 Å². The second-order valence-electron chi connectivity index (χ2n) is 11.0. The van der Waals surface area contributed by atoms with E-state index in [9.17, 15) is 4.79 Å². The fourth-order valence-corrected chi connectivity index (χ4v) is 5.54. The van der Waals surface area contributed by atoms with Crippen molar-refractivity contribution in [1.82, 2.24) is 4.90 Å². The summed E-state index contributed by atoms with van der Waals surface area (Å²) in [6.07, 6.45) is 4.26. The van der Waals surface area contributed by atoms with E-state index in [0.717, 1.165) is 37.8 Å². The van der Waals surface area contributed by atoms with Gasteiger partial charge in [-0.3, -0.25) is 4.90 Å². The molecular weight excluding hydrogens is 417 g/mol. The molecule has 1 heterocycles. The van der Waals surface area contributed by atoms with Crippen LogP contribution in [0.15, 0.2) is 42.5 Å². The standard InChI is InChI=1S/C28H34FNO3/c1-17(19-8-6-5-7-9-19)30-16-18-12-24(30)26(13-18)32-25-15-23(29)22(14-21(25)20-10-11-20)27(31)33-28(2,3)4/h5-9,14-15,17-18,20,24,26H,10-13,16H2,1-4H3/t17?,18-,24+,26+/m0/s1. The fraction of sp³-hybridized carbons (Fsp3) is 0.536. The van der Waals surface area contributed by atoms with Crippen LogP contribution in [-0.4, -0.2) is 35.2 Å². The number of carbonyl (C=O) groups is 1. The summed E-state index contributed by atoms with van der Waals surface area (Å²) < 4.78 is 27.0. The predicted octanol–water partition coefficient (Wildman–Crippen LogP) is 6.26. The summed E-state index contributed by atoms with van der Waals surface area (Å²) in [4.78, 5) is 15.1. The van der Waals surface area contributed by atoms with Crippen molar-refractivity contribution < 1.29 is 18.7 Å². The number of halogens is 1. The lowest BCUT2D eigenvalue weighted by Gasteiger charge is -2.38. The molecule has 0 spiro atoms. The molecule has 2 aromatic rings. The van der Waals surface area contributed by atoms with Gasteiger partial charge in [-0.25, -0.2) is 9.18 Å². The third-order valence-electron chi connectivity index (χ3n) is 7.26. The number of rotatable bonds is 6. The van der Waals surface area contributed by atoms with Gasteiger partial charge in [0.05, 0.1) is 5.56 Å². The SMILES string of the molecule is CC(c1ccccc1)N1C[C@H]2C[C@@H]1[C@H](Oc1cc(F)c(C(=O)OC(C)(C)C)cc1C1CC1)C2. The Morgan fingerprint density at radius 2 is 1.85 bits per heavy atom. The van der Waals surface area contributed by atoms with Crippen LogP contribution in [0.2, 0.25) is 0 Å². The first-order chi connectivity index (χ1) is 15.7. The fourth-order valence-electron chi connectivity index (χ4n) is 5.54. The molecule has 176 valence electrons. The molecule has 2 bridgehead atoms. The van der Waals surface area contributed by atoms with E-state index in [-0.39, 0.29) is 11.7 Å². The molecule has 1 unspecified atom stereocenters. The number of nitrogens with zero attached hydrogens (tertiary/aromatic N) is 1. The Kier molecular flexibility index (Phi) is 5.72. The molecule has 5 rings (SSSR count). The third kappa shape index (κ3) is 4.65. The van der Waals surface area contributed by atoms with Gasteiger partial charge in [0, 0.05) is 24.7 Å². The summed E-state index contributed by atoms with van der Waals surface area (Å²) in [5, 5.41) is 0. The van der Waals surface area contributed by atoms with E-state index >= 15 is 4.39 Å². The van der Waals surface area contributed by atoms with Crippen molar-refractivity contribution in [1.29, 1.82) is 0 Å². The van der Waals surface area contributed by atoms with Crippen molar-refractivity contribution in [3.05, 3.63) is 65.0 Å². The summed E-state index contributed by atoms with van der Waals surface area (Å²) in [5.41, 5.74) is 1.60. The smallest absolute Gasteiger partial charge is 0.341 e. The van der Waals surface area contributed by atoms with E-state index in [1.54, 1.807) is 26.8 Å². The van der Waals surface area contributed by atoms with Gasteiger partial charge in [-0.05, 0) is 82.4 Å². The lowest BCUT2D eigenvalue weighted by molar-refractivity contribution is 0.00643. The zero-order chi connectivity index (χ0) is 23.3. The van der Waals surface area contributed by atoms with Crippen LogP contribution in [0.5, 0.6) is 5.75 Å². The van der Waals surface area contributed by atoms with Gasteiger partial charge < -0.3 is 9.47 Å². The van der Waals surface area contributed by atoms with Gasteiger partial charge in [0.1, 0.15) is 23.3 Å². The summed E-state index contributed by atoms with van der Waals surface area (Å²) in [5.74, 6) is 0.367. The van der Waals surface area contributed by atoms with Gasteiger partial charge in [0.25, 0.3) is 0 Å². The molecule has 1 saturated heterocycles. The number of benzene rings is 2. The number of hydrogen-bond donors (Lipinski definition) is 0. The summed E-state index contributed by atoms with van der Waals surface area (Å²) in [6.45, 7) is 8.72. The molecule has 2 aromatic carbocycles.